The number of hydrogen-bond acceptors (Lipinski definition) is 3. The molecular formula is C16H25NO4. The topological polar surface area (TPSA) is 66.8 Å². The van der Waals surface area contributed by atoms with Gasteiger partial charge in [-0.3, -0.25) is 9.59 Å². The fraction of sp³-hybridized carbons (Fsp3) is 0.875. The molecule has 5 heteroatoms. The van der Waals surface area contributed by atoms with Crippen LogP contribution in [0.25, 0.3) is 0 Å². The summed E-state index contributed by atoms with van der Waals surface area (Å²) in [5.41, 5.74) is 0. The fourth-order valence-corrected chi connectivity index (χ4v) is 3.82. The third-order valence-corrected chi connectivity index (χ3v) is 5.37. The molecule has 0 unspecified atom stereocenters. The Hall–Kier alpha value is -1.10. The average molecular weight is 295 g/mol. The monoisotopic (exact) mass is 295 g/mol. The molecule has 0 aromatic carbocycles. The van der Waals surface area contributed by atoms with Gasteiger partial charge >= 0.3 is 5.97 Å². The minimum atomic E-state index is -0.730. The first-order valence-corrected chi connectivity index (χ1v) is 8.23. The maximum Gasteiger partial charge on any atom is 0.308 e. The van der Waals surface area contributed by atoms with E-state index in [-0.39, 0.29) is 17.7 Å². The van der Waals surface area contributed by atoms with E-state index in [1.807, 2.05) is 0 Å². The fourth-order valence-electron chi connectivity index (χ4n) is 3.82. The summed E-state index contributed by atoms with van der Waals surface area (Å²) in [6.07, 6.45) is 5.86. The van der Waals surface area contributed by atoms with E-state index >= 15 is 0 Å². The van der Waals surface area contributed by atoms with E-state index in [1.165, 1.54) is 0 Å². The van der Waals surface area contributed by atoms with E-state index < -0.39 is 5.97 Å². The van der Waals surface area contributed by atoms with E-state index in [9.17, 15) is 14.7 Å². The van der Waals surface area contributed by atoms with Gasteiger partial charge in [0.2, 0.25) is 5.91 Å². The molecule has 0 spiro atoms. The lowest BCUT2D eigenvalue weighted by molar-refractivity contribution is -0.142. The number of carboxylic acids is 1. The zero-order valence-electron chi connectivity index (χ0n) is 12.5. The van der Waals surface area contributed by atoms with Crippen LogP contribution in [0.4, 0.5) is 0 Å². The molecular weight excluding hydrogens is 270 g/mol. The first-order valence-electron chi connectivity index (χ1n) is 8.23. The highest BCUT2D eigenvalue weighted by Gasteiger charge is 2.46. The second kappa shape index (κ2) is 6.34. The van der Waals surface area contributed by atoms with Crippen molar-refractivity contribution in [1.82, 2.24) is 4.90 Å². The minimum absolute atomic E-state index is 0.149. The zero-order chi connectivity index (χ0) is 14.8. The molecule has 118 valence electrons. The van der Waals surface area contributed by atoms with Gasteiger partial charge in [0.25, 0.3) is 0 Å². The number of aliphatic carboxylic acids is 1. The summed E-state index contributed by atoms with van der Waals surface area (Å²) in [5.74, 6) is 0.403. The van der Waals surface area contributed by atoms with Gasteiger partial charge < -0.3 is 14.7 Å². The smallest absolute Gasteiger partial charge is 0.308 e. The lowest BCUT2D eigenvalue weighted by Crippen LogP contribution is -2.30. The van der Waals surface area contributed by atoms with Crippen LogP contribution in [0.5, 0.6) is 0 Å². The van der Waals surface area contributed by atoms with Crippen molar-refractivity contribution in [1.29, 1.82) is 0 Å². The standard InChI is InChI=1S/C16H25NO4/c18-15(4-1-11-5-7-21-8-6-11)17-9-13(12-2-3-12)14(10-17)16(19)20/h11-14H,1-10H2,(H,19,20)/t13-,14+/m1/s1. The normalized spacial score (nSPS) is 30.6. The number of amides is 1. The van der Waals surface area contributed by atoms with Gasteiger partial charge in [-0.05, 0) is 49.9 Å². The number of hydrogen-bond donors (Lipinski definition) is 1. The van der Waals surface area contributed by atoms with Gasteiger partial charge in [0, 0.05) is 32.7 Å². The Morgan fingerprint density at radius 1 is 1.10 bits per heavy atom. The van der Waals surface area contributed by atoms with E-state index in [0.717, 1.165) is 45.3 Å². The Bertz CT molecular complexity index is 401. The molecule has 1 N–H and O–H groups in total. The van der Waals surface area contributed by atoms with Crippen molar-refractivity contribution in [2.45, 2.75) is 38.5 Å². The van der Waals surface area contributed by atoms with Crippen LogP contribution in [-0.4, -0.2) is 48.2 Å². The molecule has 2 saturated heterocycles. The SMILES string of the molecule is O=C(O)[C@H]1CN(C(=O)CCC2CCOCC2)C[C@@H]1C1CC1. The lowest BCUT2D eigenvalue weighted by Gasteiger charge is -2.23. The highest BCUT2D eigenvalue weighted by molar-refractivity contribution is 5.79. The maximum absolute atomic E-state index is 12.3. The van der Waals surface area contributed by atoms with Crippen LogP contribution in [-0.2, 0) is 14.3 Å². The lowest BCUT2D eigenvalue weighted by atomic mass is 9.92. The summed E-state index contributed by atoms with van der Waals surface area (Å²) in [4.78, 5) is 25.5. The first-order chi connectivity index (χ1) is 10.1. The molecule has 21 heavy (non-hydrogen) atoms. The minimum Gasteiger partial charge on any atom is -0.481 e. The van der Waals surface area contributed by atoms with Crippen molar-refractivity contribution in [2.24, 2.45) is 23.7 Å². The van der Waals surface area contributed by atoms with E-state index in [1.54, 1.807) is 4.90 Å². The van der Waals surface area contributed by atoms with Crippen molar-refractivity contribution < 1.29 is 19.4 Å². The van der Waals surface area contributed by atoms with Crippen LogP contribution in [0, 0.1) is 23.7 Å². The number of nitrogens with zero attached hydrogens (tertiary/aromatic N) is 1. The van der Waals surface area contributed by atoms with E-state index in [0.29, 0.717) is 31.3 Å². The number of ether oxygens (including phenoxy) is 1. The van der Waals surface area contributed by atoms with Gasteiger partial charge in [0.1, 0.15) is 0 Å². The first kappa shape index (κ1) is 14.8. The van der Waals surface area contributed by atoms with Gasteiger partial charge in [0.15, 0.2) is 0 Å². The third kappa shape index (κ3) is 3.57. The van der Waals surface area contributed by atoms with Gasteiger partial charge in [-0.1, -0.05) is 0 Å². The second-order valence-electron chi connectivity index (χ2n) is 6.84. The summed E-state index contributed by atoms with van der Waals surface area (Å²) >= 11 is 0. The van der Waals surface area contributed by atoms with Crippen molar-refractivity contribution in [2.75, 3.05) is 26.3 Å². The number of carbonyl (C=O) groups is 2. The molecule has 0 bridgehead atoms. The summed E-state index contributed by atoms with van der Waals surface area (Å²) in [7, 11) is 0. The summed E-state index contributed by atoms with van der Waals surface area (Å²) in [5, 5.41) is 9.34. The average Bonchev–Trinajstić information content (AvgIpc) is 3.24. The van der Waals surface area contributed by atoms with Crippen LogP contribution in [0.1, 0.15) is 38.5 Å². The molecule has 3 fully saturated rings. The number of likely N-dealkylation sites (tertiary alicyclic amines) is 1. The predicted molar refractivity (Wildman–Crippen MR) is 76.7 cm³/mol. The van der Waals surface area contributed by atoms with Crippen LogP contribution < -0.4 is 0 Å². The predicted octanol–water partition coefficient (Wildman–Crippen LogP) is 1.76. The molecule has 0 radical (unpaired) electrons. The highest BCUT2D eigenvalue weighted by atomic mass is 16.5. The van der Waals surface area contributed by atoms with Crippen molar-refractivity contribution in [3.05, 3.63) is 0 Å². The Labute approximate surface area is 125 Å². The van der Waals surface area contributed by atoms with Gasteiger partial charge in [-0.25, -0.2) is 0 Å². The molecule has 1 saturated carbocycles. The quantitative estimate of drug-likeness (QED) is 0.839. The molecule has 2 aliphatic heterocycles. The molecule has 3 aliphatic rings. The van der Waals surface area contributed by atoms with Crippen LogP contribution >= 0.6 is 0 Å². The van der Waals surface area contributed by atoms with Crippen molar-refractivity contribution >= 4 is 11.9 Å². The molecule has 2 atom stereocenters. The Morgan fingerprint density at radius 3 is 2.43 bits per heavy atom. The summed E-state index contributed by atoms with van der Waals surface area (Å²) < 4.78 is 5.33. The zero-order valence-corrected chi connectivity index (χ0v) is 12.5. The maximum atomic E-state index is 12.3. The molecule has 2 heterocycles. The van der Waals surface area contributed by atoms with Crippen LogP contribution in [0.3, 0.4) is 0 Å². The number of carbonyl (C=O) groups excluding carboxylic acids is 1. The molecule has 3 rings (SSSR count). The molecule has 5 nitrogen and oxygen atoms in total. The molecule has 0 aromatic rings. The largest absolute Gasteiger partial charge is 0.481 e. The van der Waals surface area contributed by atoms with Crippen LogP contribution in [0.15, 0.2) is 0 Å². The van der Waals surface area contributed by atoms with Crippen molar-refractivity contribution in [3.63, 3.8) is 0 Å². The Kier molecular flexibility index (Phi) is 4.48. The van der Waals surface area contributed by atoms with E-state index in [4.69, 9.17) is 4.74 Å². The van der Waals surface area contributed by atoms with Gasteiger partial charge in [0.05, 0.1) is 5.92 Å². The van der Waals surface area contributed by atoms with Crippen LogP contribution in [0.2, 0.25) is 0 Å². The molecule has 1 aliphatic carbocycles. The van der Waals surface area contributed by atoms with Gasteiger partial charge in [-0.15, -0.1) is 0 Å². The third-order valence-electron chi connectivity index (χ3n) is 5.37. The Balaban J connectivity index is 1.49. The molecule has 1 amide bonds. The summed E-state index contributed by atoms with van der Waals surface area (Å²) in [6, 6.07) is 0. The molecule has 0 aromatic heterocycles. The Morgan fingerprint density at radius 2 is 1.81 bits per heavy atom. The summed E-state index contributed by atoms with van der Waals surface area (Å²) in [6.45, 7) is 2.71. The number of carboxylic acid groups (broad SMARTS) is 1. The highest BCUT2D eigenvalue weighted by Crippen LogP contribution is 2.44. The second-order valence-corrected chi connectivity index (χ2v) is 6.84. The van der Waals surface area contributed by atoms with Crippen molar-refractivity contribution in [3.8, 4) is 0 Å². The van der Waals surface area contributed by atoms with E-state index in [2.05, 4.69) is 0 Å². The number of rotatable bonds is 5. The van der Waals surface area contributed by atoms with Gasteiger partial charge in [-0.2, -0.15) is 0 Å².